The zero-order valence-electron chi connectivity index (χ0n) is 20.4. The molecule has 36 heavy (non-hydrogen) atoms. The normalized spacial score (nSPS) is 25.0. The highest BCUT2D eigenvalue weighted by Gasteiger charge is 2.42. The van der Waals surface area contributed by atoms with Gasteiger partial charge in [0, 0.05) is 25.6 Å². The Bertz CT molecular complexity index is 1140. The summed E-state index contributed by atoms with van der Waals surface area (Å²) in [5.74, 6) is -0.319. The summed E-state index contributed by atoms with van der Waals surface area (Å²) < 4.78 is 40.2. The van der Waals surface area contributed by atoms with Crippen LogP contribution in [0.3, 0.4) is 0 Å². The summed E-state index contributed by atoms with van der Waals surface area (Å²) in [6, 6.07) is 2.24. The lowest BCUT2D eigenvalue weighted by molar-refractivity contribution is -0.580. The van der Waals surface area contributed by atoms with Crippen LogP contribution in [0, 0.1) is 5.21 Å². The maximum atomic E-state index is 13.4. The van der Waals surface area contributed by atoms with Crippen LogP contribution in [0.2, 0.25) is 0 Å². The maximum Gasteiger partial charge on any atom is 0.416 e. The van der Waals surface area contributed by atoms with E-state index in [1.165, 1.54) is 6.92 Å². The monoisotopic (exact) mass is 508 g/mol. The molecule has 12 heteroatoms. The second kappa shape index (κ2) is 10.1. The summed E-state index contributed by atoms with van der Waals surface area (Å²) in [6.45, 7) is 6.02. The van der Waals surface area contributed by atoms with Gasteiger partial charge in [0.25, 0.3) is 12.1 Å². The Morgan fingerprint density at radius 2 is 2.00 bits per heavy atom. The minimum atomic E-state index is -4.59. The first kappa shape index (κ1) is 25.9. The van der Waals surface area contributed by atoms with E-state index in [2.05, 4.69) is 34.8 Å². The molecule has 0 spiro atoms. The lowest BCUT2D eigenvalue weighted by Gasteiger charge is -2.42. The Labute approximate surface area is 207 Å². The molecule has 1 aliphatic heterocycles. The van der Waals surface area contributed by atoms with E-state index < -0.39 is 17.8 Å². The number of amides is 2. The molecule has 2 amide bonds. The fourth-order valence-corrected chi connectivity index (χ4v) is 5.35. The minimum absolute atomic E-state index is 0.00929. The van der Waals surface area contributed by atoms with Gasteiger partial charge in [-0.25, -0.2) is 4.73 Å². The van der Waals surface area contributed by atoms with Crippen LogP contribution in [0.25, 0.3) is 10.9 Å². The predicted octanol–water partition coefficient (Wildman–Crippen LogP) is 2.32. The quantitative estimate of drug-likeness (QED) is 0.408. The molecule has 4 rings (SSSR count). The third-order valence-electron chi connectivity index (χ3n) is 6.83. The van der Waals surface area contributed by atoms with Crippen LogP contribution in [0.4, 0.5) is 19.0 Å². The number of alkyl halides is 3. The topological polar surface area (TPSA) is 113 Å². The molecule has 0 bridgehead atoms. The molecule has 2 heterocycles. The first-order chi connectivity index (χ1) is 16.9. The third-order valence-corrected chi connectivity index (χ3v) is 6.83. The predicted molar refractivity (Wildman–Crippen MR) is 127 cm³/mol. The number of benzene rings is 1. The van der Waals surface area contributed by atoms with Crippen LogP contribution in [0.5, 0.6) is 0 Å². The average molecular weight is 509 g/mol. The van der Waals surface area contributed by atoms with Crippen LogP contribution in [0.1, 0.15) is 52.0 Å². The van der Waals surface area contributed by atoms with Crippen LogP contribution in [-0.2, 0) is 15.8 Å². The fraction of sp³-hybridized carbons (Fsp3) is 0.583. The molecule has 2 fully saturated rings. The Hall–Kier alpha value is -3.15. The number of carbonyl (C=O) groups excluding carboxylic acids is 2. The van der Waals surface area contributed by atoms with Gasteiger partial charge in [-0.2, -0.15) is 13.2 Å². The van der Waals surface area contributed by atoms with E-state index >= 15 is 0 Å². The number of fused-ring (bicyclic) bond motifs is 1. The fourth-order valence-electron chi connectivity index (χ4n) is 5.35. The Balaban J connectivity index is 1.54. The molecular formula is C24H31F3N6O3. The first-order valence-electron chi connectivity index (χ1n) is 12.1. The number of nitrogens with zero attached hydrogens (tertiary/aromatic N) is 3. The molecule has 2 aromatic rings. The molecule has 2 aliphatic rings. The van der Waals surface area contributed by atoms with Gasteiger partial charge in [0.05, 0.1) is 23.0 Å². The number of anilines is 1. The minimum Gasteiger partial charge on any atom is -0.710 e. The highest BCUT2D eigenvalue weighted by molar-refractivity contribution is 5.92. The molecular weight excluding hydrogens is 477 g/mol. The van der Waals surface area contributed by atoms with Gasteiger partial charge in [0.1, 0.15) is 11.6 Å². The highest BCUT2D eigenvalue weighted by Crippen LogP contribution is 2.33. The first-order valence-corrected chi connectivity index (χ1v) is 12.1. The highest BCUT2D eigenvalue weighted by atomic mass is 19.4. The van der Waals surface area contributed by atoms with E-state index in [0.717, 1.165) is 30.9 Å². The summed E-state index contributed by atoms with van der Waals surface area (Å²) in [5.41, 5.74) is -0.889. The largest absolute Gasteiger partial charge is 0.710 e. The van der Waals surface area contributed by atoms with Crippen molar-refractivity contribution in [3.8, 4) is 0 Å². The van der Waals surface area contributed by atoms with E-state index in [-0.39, 0.29) is 46.7 Å². The van der Waals surface area contributed by atoms with Crippen molar-refractivity contribution in [1.82, 2.24) is 20.5 Å². The van der Waals surface area contributed by atoms with Crippen molar-refractivity contribution in [3.63, 3.8) is 0 Å². The van der Waals surface area contributed by atoms with Crippen molar-refractivity contribution in [3.05, 3.63) is 35.3 Å². The van der Waals surface area contributed by atoms with Gasteiger partial charge in [0.15, 0.2) is 0 Å². The van der Waals surface area contributed by atoms with Gasteiger partial charge in [-0.1, -0.05) is 13.8 Å². The van der Waals surface area contributed by atoms with Gasteiger partial charge in [-0.05, 0) is 48.9 Å². The second-order valence-corrected chi connectivity index (χ2v) is 9.87. The van der Waals surface area contributed by atoms with Gasteiger partial charge in [-0.3, -0.25) is 9.59 Å². The van der Waals surface area contributed by atoms with Crippen molar-refractivity contribution in [2.24, 2.45) is 0 Å². The van der Waals surface area contributed by atoms with E-state index in [9.17, 15) is 28.0 Å². The Morgan fingerprint density at radius 1 is 1.25 bits per heavy atom. The van der Waals surface area contributed by atoms with Crippen LogP contribution < -0.4 is 20.7 Å². The smallest absolute Gasteiger partial charge is 0.416 e. The SMILES string of the molecule is CC(=O)N[C@@H]1C[C@H](NC(C)C)CC[C@@H]1N1CCC(Nc2nc[n+]([O-])c3ccc(C(F)(F)F)cc23)C1=O. The van der Waals surface area contributed by atoms with Crippen molar-refractivity contribution in [2.45, 2.75) is 82.8 Å². The Kier molecular flexibility index (Phi) is 7.26. The Morgan fingerprint density at radius 3 is 2.67 bits per heavy atom. The number of halogens is 3. The number of likely N-dealkylation sites (tertiary alicyclic amines) is 1. The molecule has 1 saturated carbocycles. The summed E-state index contributed by atoms with van der Waals surface area (Å²) in [7, 11) is 0. The van der Waals surface area contributed by atoms with Gasteiger partial charge in [-0.15, -0.1) is 0 Å². The van der Waals surface area contributed by atoms with Crippen molar-refractivity contribution >= 4 is 28.5 Å². The zero-order chi connectivity index (χ0) is 26.2. The molecule has 4 atom stereocenters. The molecule has 1 saturated heterocycles. The maximum absolute atomic E-state index is 13.4. The number of rotatable bonds is 6. The standard InChI is InChI=1S/C24H31F3N6O3/c1-13(2)29-16-5-7-21(19(11-16)30-14(3)34)32-9-8-18(23(32)35)31-22-17-10-15(24(25,26)27)4-6-20(17)33(36)12-28-22/h4,6,10,12-13,16,18-19,21,29H,5,7-9,11H2,1-3H3,(H,28,31)(H,30,34)/t16-,18?,19-,21+/m1/s1. The summed E-state index contributed by atoms with van der Waals surface area (Å²) in [6.07, 6.45) is -0.939. The molecule has 0 radical (unpaired) electrons. The summed E-state index contributed by atoms with van der Waals surface area (Å²) in [4.78, 5) is 31.0. The zero-order valence-corrected chi connectivity index (χ0v) is 20.4. The molecule has 1 aliphatic carbocycles. The lowest BCUT2D eigenvalue weighted by atomic mass is 9.85. The summed E-state index contributed by atoms with van der Waals surface area (Å²) >= 11 is 0. The lowest BCUT2D eigenvalue weighted by Crippen LogP contribution is -2.58. The van der Waals surface area contributed by atoms with Crippen molar-refractivity contribution in [2.75, 3.05) is 11.9 Å². The molecule has 1 aromatic carbocycles. The van der Waals surface area contributed by atoms with Crippen molar-refractivity contribution in [1.29, 1.82) is 0 Å². The van der Waals surface area contributed by atoms with E-state index in [0.29, 0.717) is 36.6 Å². The van der Waals surface area contributed by atoms with Crippen molar-refractivity contribution < 1.29 is 27.5 Å². The number of nitrogens with one attached hydrogen (secondary N) is 3. The molecule has 9 nitrogen and oxygen atoms in total. The van der Waals surface area contributed by atoms with Gasteiger partial charge in [0.2, 0.25) is 11.8 Å². The van der Waals surface area contributed by atoms with E-state index in [1.807, 2.05) is 0 Å². The van der Waals surface area contributed by atoms with Crippen LogP contribution in [-0.4, -0.2) is 58.5 Å². The molecule has 1 aromatic heterocycles. The number of hydrogen-bond acceptors (Lipinski definition) is 6. The van der Waals surface area contributed by atoms with E-state index in [4.69, 9.17) is 0 Å². The number of hydrogen-bond donors (Lipinski definition) is 3. The van der Waals surface area contributed by atoms with Gasteiger partial charge < -0.3 is 26.1 Å². The third kappa shape index (κ3) is 5.48. The average Bonchev–Trinajstić information content (AvgIpc) is 3.14. The molecule has 3 N–H and O–H groups in total. The molecule has 1 unspecified atom stereocenters. The van der Waals surface area contributed by atoms with Crippen LogP contribution in [0.15, 0.2) is 24.5 Å². The second-order valence-electron chi connectivity index (χ2n) is 9.87. The molecule has 196 valence electrons. The number of aromatic nitrogens is 2. The van der Waals surface area contributed by atoms with E-state index in [1.54, 1.807) is 4.90 Å². The van der Waals surface area contributed by atoms with Gasteiger partial charge >= 0.3 is 6.18 Å². The van der Waals surface area contributed by atoms with Crippen LogP contribution >= 0.6 is 0 Å². The summed E-state index contributed by atoms with van der Waals surface area (Å²) in [5, 5.41) is 21.6. The number of carbonyl (C=O) groups is 2.